The van der Waals surface area contributed by atoms with Crippen LogP contribution in [0.4, 0.5) is 0 Å². The van der Waals surface area contributed by atoms with Crippen molar-refractivity contribution in [2.75, 3.05) is 39.5 Å². The molecule has 1 aromatic carbocycles. The van der Waals surface area contributed by atoms with Crippen molar-refractivity contribution in [2.24, 2.45) is 0 Å². The second kappa shape index (κ2) is 8.19. The van der Waals surface area contributed by atoms with Crippen LogP contribution >= 0.6 is 11.6 Å². The zero-order chi connectivity index (χ0) is 17.7. The van der Waals surface area contributed by atoms with Gasteiger partial charge < -0.3 is 14.2 Å². The van der Waals surface area contributed by atoms with Crippen molar-refractivity contribution in [3.8, 4) is 11.5 Å². The lowest BCUT2D eigenvalue weighted by Gasteiger charge is -2.39. The van der Waals surface area contributed by atoms with Crippen LogP contribution in [0.1, 0.15) is 38.1 Å². The molecule has 0 spiro atoms. The number of nitrogens with zero attached hydrogens (tertiary/aromatic N) is 1. The van der Waals surface area contributed by atoms with E-state index in [0.29, 0.717) is 48.5 Å². The van der Waals surface area contributed by atoms with Crippen LogP contribution in [0.2, 0.25) is 5.02 Å². The highest BCUT2D eigenvalue weighted by atomic mass is 35.5. The molecule has 24 heavy (non-hydrogen) atoms. The first-order chi connectivity index (χ1) is 11.4. The van der Waals surface area contributed by atoms with Crippen molar-refractivity contribution in [2.45, 2.75) is 33.2 Å². The summed E-state index contributed by atoms with van der Waals surface area (Å²) in [6.07, 6.45) is 0. The maximum Gasteiger partial charge on any atom is 0.186 e. The van der Waals surface area contributed by atoms with Crippen molar-refractivity contribution in [1.29, 1.82) is 0 Å². The van der Waals surface area contributed by atoms with Crippen LogP contribution in [0.25, 0.3) is 0 Å². The molecule has 1 aromatic rings. The number of ketones is 1. The molecule has 0 saturated carbocycles. The third kappa shape index (κ3) is 4.02. The van der Waals surface area contributed by atoms with Gasteiger partial charge in [0.2, 0.25) is 0 Å². The quantitative estimate of drug-likeness (QED) is 0.701. The summed E-state index contributed by atoms with van der Waals surface area (Å²) < 4.78 is 16.6. The fourth-order valence-electron chi connectivity index (χ4n) is 2.87. The van der Waals surface area contributed by atoms with Crippen molar-refractivity contribution in [3.05, 3.63) is 22.7 Å². The minimum absolute atomic E-state index is 0.0312. The molecule has 0 N–H and O–H groups in total. The summed E-state index contributed by atoms with van der Waals surface area (Å²) in [5.41, 5.74) is -0.214. The zero-order valence-electron chi connectivity index (χ0n) is 14.9. The van der Waals surface area contributed by atoms with Gasteiger partial charge in [0.15, 0.2) is 5.78 Å². The number of Topliss-reactive ketones (excluding diaryl/α,β-unsaturated/α-hetero) is 1. The normalized spacial score (nSPS) is 16.0. The molecule has 0 bridgehead atoms. The monoisotopic (exact) mass is 355 g/mol. The first-order valence-corrected chi connectivity index (χ1v) is 8.76. The van der Waals surface area contributed by atoms with Gasteiger partial charge in [0.05, 0.1) is 42.6 Å². The molecule has 1 fully saturated rings. The van der Waals surface area contributed by atoms with Gasteiger partial charge in [-0.05, 0) is 33.8 Å². The first kappa shape index (κ1) is 19.0. The standard InChI is InChI=1S/C18H26ClNO4/c1-5-23-13-11-14(16(24-6-2)15(19)12-13)17(21)18(3,4)20-7-9-22-10-8-20/h11-12H,5-10H2,1-4H3. The number of ether oxygens (including phenoxy) is 3. The minimum Gasteiger partial charge on any atom is -0.494 e. The van der Waals surface area contributed by atoms with Crippen molar-refractivity contribution >= 4 is 17.4 Å². The molecule has 1 heterocycles. The summed E-state index contributed by atoms with van der Waals surface area (Å²) in [6, 6.07) is 3.42. The third-order valence-electron chi connectivity index (χ3n) is 4.22. The van der Waals surface area contributed by atoms with Crippen LogP contribution in [0.3, 0.4) is 0 Å². The number of carbonyl (C=O) groups excluding carboxylic acids is 1. The highest BCUT2D eigenvalue weighted by Crippen LogP contribution is 2.36. The zero-order valence-corrected chi connectivity index (χ0v) is 15.6. The molecule has 0 atom stereocenters. The van der Waals surface area contributed by atoms with E-state index in [4.69, 9.17) is 25.8 Å². The Morgan fingerprint density at radius 1 is 1.21 bits per heavy atom. The summed E-state index contributed by atoms with van der Waals surface area (Å²) in [6.45, 7) is 11.3. The Morgan fingerprint density at radius 3 is 2.42 bits per heavy atom. The Kier molecular flexibility index (Phi) is 6.49. The fraction of sp³-hybridized carbons (Fsp3) is 0.611. The molecule has 1 aliphatic rings. The van der Waals surface area contributed by atoms with Gasteiger partial charge in [-0.1, -0.05) is 11.6 Å². The highest BCUT2D eigenvalue weighted by Gasteiger charge is 2.38. The molecule has 134 valence electrons. The summed E-state index contributed by atoms with van der Waals surface area (Å²) in [7, 11) is 0. The third-order valence-corrected chi connectivity index (χ3v) is 4.50. The van der Waals surface area contributed by atoms with E-state index in [1.165, 1.54) is 0 Å². The second-order valence-electron chi connectivity index (χ2n) is 6.14. The number of hydrogen-bond donors (Lipinski definition) is 0. The maximum atomic E-state index is 13.3. The van der Waals surface area contributed by atoms with Crippen LogP contribution < -0.4 is 9.47 Å². The van der Waals surface area contributed by atoms with Gasteiger partial charge in [-0.3, -0.25) is 9.69 Å². The number of carbonyl (C=O) groups is 1. The molecule has 0 aliphatic carbocycles. The summed E-state index contributed by atoms with van der Waals surface area (Å²) in [5.74, 6) is 0.970. The number of rotatable bonds is 7. The molecule has 0 radical (unpaired) electrons. The highest BCUT2D eigenvalue weighted by molar-refractivity contribution is 6.33. The van der Waals surface area contributed by atoms with E-state index < -0.39 is 5.54 Å². The molecule has 1 aliphatic heterocycles. The fourth-order valence-corrected chi connectivity index (χ4v) is 3.14. The maximum absolute atomic E-state index is 13.3. The van der Waals surface area contributed by atoms with Crippen molar-refractivity contribution < 1.29 is 19.0 Å². The minimum atomic E-state index is -0.677. The van der Waals surface area contributed by atoms with Gasteiger partial charge in [-0.2, -0.15) is 0 Å². The smallest absolute Gasteiger partial charge is 0.186 e. The van der Waals surface area contributed by atoms with Crippen LogP contribution in [-0.2, 0) is 4.74 Å². The Morgan fingerprint density at radius 2 is 1.83 bits per heavy atom. The summed E-state index contributed by atoms with van der Waals surface area (Å²) in [5, 5.41) is 0.393. The van der Waals surface area contributed by atoms with Crippen molar-refractivity contribution in [1.82, 2.24) is 4.90 Å². The Balaban J connectivity index is 2.41. The van der Waals surface area contributed by atoms with Gasteiger partial charge in [-0.15, -0.1) is 0 Å². The lowest BCUT2D eigenvalue weighted by Crippen LogP contribution is -2.54. The van der Waals surface area contributed by atoms with Crippen LogP contribution in [0.15, 0.2) is 12.1 Å². The lowest BCUT2D eigenvalue weighted by atomic mass is 9.90. The van der Waals surface area contributed by atoms with Crippen LogP contribution in [-0.4, -0.2) is 55.7 Å². The van der Waals surface area contributed by atoms with Crippen LogP contribution in [0.5, 0.6) is 11.5 Å². The van der Waals surface area contributed by atoms with E-state index >= 15 is 0 Å². The summed E-state index contributed by atoms with van der Waals surface area (Å²) in [4.78, 5) is 15.4. The molecular formula is C18H26ClNO4. The Hall–Kier alpha value is -1.30. The van der Waals surface area contributed by atoms with E-state index in [1.807, 2.05) is 27.7 Å². The van der Waals surface area contributed by atoms with E-state index in [-0.39, 0.29) is 5.78 Å². The first-order valence-electron chi connectivity index (χ1n) is 8.38. The predicted molar refractivity (Wildman–Crippen MR) is 94.6 cm³/mol. The van der Waals surface area contributed by atoms with Gasteiger partial charge in [0, 0.05) is 19.2 Å². The average molecular weight is 356 g/mol. The molecule has 0 aromatic heterocycles. The largest absolute Gasteiger partial charge is 0.494 e. The van der Waals surface area contributed by atoms with Crippen molar-refractivity contribution in [3.63, 3.8) is 0 Å². The molecule has 6 heteroatoms. The molecular weight excluding hydrogens is 330 g/mol. The van der Waals surface area contributed by atoms with Gasteiger partial charge in [0.25, 0.3) is 0 Å². The predicted octanol–water partition coefficient (Wildman–Crippen LogP) is 3.43. The van der Waals surface area contributed by atoms with Gasteiger partial charge in [-0.25, -0.2) is 0 Å². The number of hydrogen-bond acceptors (Lipinski definition) is 5. The molecule has 2 rings (SSSR count). The average Bonchev–Trinajstić information content (AvgIpc) is 2.57. The summed E-state index contributed by atoms with van der Waals surface area (Å²) >= 11 is 6.34. The number of halogens is 1. The van der Waals surface area contributed by atoms with Crippen LogP contribution in [0, 0.1) is 0 Å². The number of benzene rings is 1. The molecule has 0 amide bonds. The van der Waals surface area contributed by atoms with E-state index in [1.54, 1.807) is 12.1 Å². The Labute approximate surface area is 148 Å². The van der Waals surface area contributed by atoms with E-state index in [0.717, 1.165) is 13.1 Å². The topological polar surface area (TPSA) is 48.0 Å². The lowest BCUT2D eigenvalue weighted by molar-refractivity contribution is -0.00440. The SMILES string of the molecule is CCOc1cc(Cl)c(OCC)c(C(=O)C(C)(C)N2CCOCC2)c1. The van der Waals surface area contributed by atoms with E-state index in [2.05, 4.69) is 4.90 Å². The molecule has 0 unspecified atom stereocenters. The second-order valence-corrected chi connectivity index (χ2v) is 6.54. The molecule has 5 nitrogen and oxygen atoms in total. The number of morpholine rings is 1. The Bertz CT molecular complexity index is 583. The molecule has 1 saturated heterocycles. The van der Waals surface area contributed by atoms with E-state index in [9.17, 15) is 4.79 Å². The van der Waals surface area contributed by atoms with Gasteiger partial charge >= 0.3 is 0 Å². The van der Waals surface area contributed by atoms with Gasteiger partial charge in [0.1, 0.15) is 11.5 Å².